The topological polar surface area (TPSA) is 60.2 Å². The van der Waals surface area contributed by atoms with Gasteiger partial charge >= 0.3 is 0 Å². The minimum atomic E-state index is 0.115. The van der Waals surface area contributed by atoms with Gasteiger partial charge in [-0.05, 0) is 41.5 Å². The lowest BCUT2D eigenvalue weighted by Crippen LogP contribution is -2.36. The quantitative estimate of drug-likeness (QED) is 0.391. The zero-order valence-corrected chi connectivity index (χ0v) is 19.4. The number of morpholine rings is 1. The van der Waals surface area contributed by atoms with Gasteiger partial charge in [0.1, 0.15) is 5.82 Å². The minimum Gasteiger partial charge on any atom is -0.378 e. The molecule has 2 aromatic carbocycles. The van der Waals surface area contributed by atoms with Crippen molar-refractivity contribution in [2.45, 2.75) is 12.8 Å². The molecule has 172 valence electrons. The molecule has 6 nitrogen and oxygen atoms in total. The normalized spacial score (nSPS) is 13.7. The van der Waals surface area contributed by atoms with Crippen molar-refractivity contribution in [2.75, 3.05) is 31.2 Å². The third-order valence-electron chi connectivity index (χ3n) is 6.22. The standard InChI is InChI=1S/C28H28N4O2/c1-31-14-2-3-26(31)27(33)19-21-4-8-23(9-5-21)25-12-13-29-28(30-25)20-22-6-10-24(11-7-22)32-15-17-34-18-16-32/h2-14H,15-20H2,1H3. The third kappa shape index (κ3) is 5.07. The molecular formula is C28H28N4O2. The number of ether oxygens (including phenoxy) is 1. The van der Waals surface area contributed by atoms with Gasteiger partial charge in [0.2, 0.25) is 0 Å². The van der Waals surface area contributed by atoms with Crippen molar-refractivity contribution in [1.29, 1.82) is 0 Å². The van der Waals surface area contributed by atoms with E-state index in [0.29, 0.717) is 12.8 Å². The Bertz CT molecular complexity index is 1260. The molecule has 0 N–H and O–H groups in total. The van der Waals surface area contributed by atoms with Gasteiger partial charge in [0, 0.05) is 56.6 Å². The Labute approximate surface area is 199 Å². The van der Waals surface area contributed by atoms with Crippen LogP contribution in [0.3, 0.4) is 0 Å². The lowest BCUT2D eigenvalue weighted by atomic mass is 10.0. The zero-order valence-electron chi connectivity index (χ0n) is 19.4. The molecule has 0 radical (unpaired) electrons. The van der Waals surface area contributed by atoms with Crippen LogP contribution >= 0.6 is 0 Å². The zero-order chi connectivity index (χ0) is 23.3. The highest BCUT2D eigenvalue weighted by molar-refractivity contribution is 5.96. The van der Waals surface area contributed by atoms with Gasteiger partial charge in [-0.3, -0.25) is 4.79 Å². The van der Waals surface area contributed by atoms with E-state index in [2.05, 4.69) is 34.1 Å². The first kappa shape index (κ1) is 22.0. The summed E-state index contributed by atoms with van der Waals surface area (Å²) in [6.45, 7) is 3.44. The molecule has 3 heterocycles. The molecule has 0 aliphatic carbocycles. The van der Waals surface area contributed by atoms with E-state index in [9.17, 15) is 4.79 Å². The average Bonchev–Trinajstić information content (AvgIpc) is 3.32. The van der Waals surface area contributed by atoms with Crippen LogP contribution in [0.2, 0.25) is 0 Å². The number of ketones is 1. The number of hydrogen-bond acceptors (Lipinski definition) is 5. The van der Waals surface area contributed by atoms with E-state index in [0.717, 1.165) is 54.6 Å². The van der Waals surface area contributed by atoms with E-state index in [4.69, 9.17) is 9.72 Å². The maximum absolute atomic E-state index is 12.5. The Balaban J connectivity index is 1.25. The van der Waals surface area contributed by atoms with E-state index in [1.165, 1.54) is 11.3 Å². The van der Waals surface area contributed by atoms with E-state index in [1.807, 2.05) is 66.5 Å². The summed E-state index contributed by atoms with van der Waals surface area (Å²) < 4.78 is 7.30. The predicted molar refractivity (Wildman–Crippen MR) is 133 cm³/mol. The molecule has 2 aromatic heterocycles. The summed E-state index contributed by atoms with van der Waals surface area (Å²) in [6.07, 6.45) is 4.77. The van der Waals surface area contributed by atoms with Crippen molar-refractivity contribution in [2.24, 2.45) is 7.05 Å². The highest BCUT2D eigenvalue weighted by atomic mass is 16.5. The second kappa shape index (κ2) is 10.0. The van der Waals surface area contributed by atoms with Gasteiger partial charge in [0.05, 0.1) is 24.6 Å². The Hall–Kier alpha value is -3.77. The molecule has 6 heteroatoms. The van der Waals surface area contributed by atoms with Gasteiger partial charge in [-0.2, -0.15) is 0 Å². The summed E-state index contributed by atoms with van der Waals surface area (Å²) in [6, 6.07) is 22.4. The molecular weight excluding hydrogens is 424 g/mol. The van der Waals surface area contributed by atoms with Crippen molar-refractivity contribution in [3.05, 3.63) is 102 Å². The summed E-state index contributed by atoms with van der Waals surface area (Å²) in [4.78, 5) is 24.1. The van der Waals surface area contributed by atoms with Crippen molar-refractivity contribution in [3.63, 3.8) is 0 Å². The Morgan fingerprint density at radius 2 is 1.68 bits per heavy atom. The monoisotopic (exact) mass is 452 g/mol. The molecule has 34 heavy (non-hydrogen) atoms. The second-order valence-corrected chi connectivity index (χ2v) is 8.60. The van der Waals surface area contributed by atoms with Crippen LogP contribution in [0.1, 0.15) is 27.4 Å². The number of anilines is 1. The first-order chi connectivity index (χ1) is 16.7. The molecule has 0 saturated carbocycles. The second-order valence-electron chi connectivity index (χ2n) is 8.60. The first-order valence-corrected chi connectivity index (χ1v) is 11.6. The maximum atomic E-state index is 12.5. The molecule has 5 rings (SSSR count). The number of Topliss-reactive ketones (excluding diaryl/α,β-unsaturated/α-hetero) is 1. The summed E-state index contributed by atoms with van der Waals surface area (Å²) in [5, 5.41) is 0. The number of rotatable bonds is 7. The van der Waals surface area contributed by atoms with E-state index in [1.54, 1.807) is 0 Å². The summed E-state index contributed by atoms with van der Waals surface area (Å²) >= 11 is 0. The SMILES string of the molecule is Cn1cccc1C(=O)Cc1ccc(-c2ccnc(Cc3ccc(N4CCOCC4)cc3)n2)cc1. The van der Waals surface area contributed by atoms with Crippen molar-refractivity contribution < 1.29 is 9.53 Å². The van der Waals surface area contributed by atoms with E-state index in [-0.39, 0.29) is 5.78 Å². The van der Waals surface area contributed by atoms with Crippen molar-refractivity contribution in [3.8, 4) is 11.3 Å². The van der Waals surface area contributed by atoms with Gasteiger partial charge in [0.25, 0.3) is 0 Å². The fraction of sp³-hybridized carbons (Fsp3) is 0.250. The third-order valence-corrected chi connectivity index (χ3v) is 6.22. The Kier molecular flexibility index (Phi) is 6.49. The number of benzene rings is 2. The molecule has 0 bridgehead atoms. The molecule has 1 saturated heterocycles. The van der Waals surface area contributed by atoms with Gasteiger partial charge in [-0.15, -0.1) is 0 Å². The smallest absolute Gasteiger partial charge is 0.183 e. The van der Waals surface area contributed by atoms with Crippen LogP contribution in [0, 0.1) is 0 Å². The van der Waals surface area contributed by atoms with Crippen LogP contribution in [-0.2, 0) is 24.6 Å². The average molecular weight is 453 g/mol. The molecule has 0 amide bonds. The number of aryl methyl sites for hydroxylation is 1. The number of carbonyl (C=O) groups excluding carboxylic acids is 1. The lowest BCUT2D eigenvalue weighted by molar-refractivity contribution is 0.0985. The van der Waals surface area contributed by atoms with Crippen LogP contribution in [0.5, 0.6) is 0 Å². The molecule has 1 aliphatic rings. The summed E-state index contributed by atoms with van der Waals surface area (Å²) in [5.41, 5.74) is 6.03. The first-order valence-electron chi connectivity index (χ1n) is 11.6. The fourth-order valence-corrected chi connectivity index (χ4v) is 4.29. The van der Waals surface area contributed by atoms with Crippen LogP contribution in [-0.4, -0.2) is 46.6 Å². The summed E-state index contributed by atoms with van der Waals surface area (Å²) in [7, 11) is 1.89. The van der Waals surface area contributed by atoms with Crippen LogP contribution in [0.25, 0.3) is 11.3 Å². The predicted octanol–water partition coefficient (Wildman–Crippen LogP) is 4.33. The Morgan fingerprint density at radius 3 is 2.38 bits per heavy atom. The molecule has 4 aromatic rings. The van der Waals surface area contributed by atoms with Crippen molar-refractivity contribution in [1.82, 2.24) is 14.5 Å². The van der Waals surface area contributed by atoms with E-state index < -0.39 is 0 Å². The van der Waals surface area contributed by atoms with Gasteiger partial charge in [-0.25, -0.2) is 9.97 Å². The molecule has 0 spiro atoms. The molecule has 0 atom stereocenters. The van der Waals surface area contributed by atoms with Gasteiger partial charge in [0.15, 0.2) is 5.78 Å². The summed E-state index contributed by atoms with van der Waals surface area (Å²) in [5.74, 6) is 0.906. The van der Waals surface area contributed by atoms with E-state index >= 15 is 0 Å². The van der Waals surface area contributed by atoms with Crippen LogP contribution in [0.15, 0.2) is 79.1 Å². The highest BCUT2D eigenvalue weighted by Gasteiger charge is 2.12. The Morgan fingerprint density at radius 1 is 0.941 bits per heavy atom. The van der Waals surface area contributed by atoms with Crippen molar-refractivity contribution >= 4 is 11.5 Å². The van der Waals surface area contributed by atoms with Crippen LogP contribution in [0.4, 0.5) is 5.69 Å². The fourth-order valence-electron chi connectivity index (χ4n) is 4.29. The largest absolute Gasteiger partial charge is 0.378 e. The molecule has 1 fully saturated rings. The number of nitrogens with zero attached hydrogens (tertiary/aromatic N) is 4. The maximum Gasteiger partial charge on any atom is 0.183 e. The van der Waals surface area contributed by atoms with Gasteiger partial charge in [-0.1, -0.05) is 36.4 Å². The van der Waals surface area contributed by atoms with Gasteiger partial charge < -0.3 is 14.2 Å². The lowest BCUT2D eigenvalue weighted by Gasteiger charge is -2.28. The number of carbonyl (C=O) groups is 1. The number of aromatic nitrogens is 3. The minimum absolute atomic E-state index is 0.115. The molecule has 0 unspecified atom stereocenters. The molecule has 1 aliphatic heterocycles. The van der Waals surface area contributed by atoms with Crippen LogP contribution < -0.4 is 4.90 Å². The number of hydrogen-bond donors (Lipinski definition) is 0. The highest BCUT2D eigenvalue weighted by Crippen LogP contribution is 2.21.